The van der Waals surface area contributed by atoms with Crippen LogP contribution in [0.25, 0.3) is 0 Å². The van der Waals surface area contributed by atoms with E-state index in [1.165, 1.54) is 6.42 Å². The van der Waals surface area contributed by atoms with Gasteiger partial charge in [-0.15, -0.1) is 0 Å². The Hall–Kier alpha value is -1.37. The second kappa shape index (κ2) is 7.06. The van der Waals surface area contributed by atoms with Crippen LogP contribution >= 0.6 is 0 Å². The van der Waals surface area contributed by atoms with Crippen LogP contribution in [0.4, 0.5) is 0 Å². The maximum atomic E-state index is 9.66. The monoisotopic (exact) mass is 286 g/mol. The SMILES string of the molecule is CNC(C#N)(COC1CCC(C)C(C)C1)c1ccccc1. The van der Waals surface area contributed by atoms with Crippen LogP contribution in [0.3, 0.4) is 0 Å². The smallest absolute Gasteiger partial charge is 0.155 e. The second-order valence-corrected chi connectivity index (χ2v) is 6.33. The Balaban J connectivity index is 2.03. The minimum Gasteiger partial charge on any atom is -0.375 e. The number of hydrogen-bond acceptors (Lipinski definition) is 3. The highest BCUT2D eigenvalue weighted by atomic mass is 16.5. The molecule has 1 saturated carbocycles. The van der Waals surface area contributed by atoms with E-state index in [4.69, 9.17) is 4.74 Å². The molecule has 0 heterocycles. The molecular weight excluding hydrogens is 260 g/mol. The molecule has 0 aromatic heterocycles. The molecule has 4 unspecified atom stereocenters. The Kier molecular flexibility index (Phi) is 5.39. The third kappa shape index (κ3) is 3.64. The normalized spacial score (nSPS) is 28.6. The van der Waals surface area contributed by atoms with Crippen LogP contribution in [0.2, 0.25) is 0 Å². The van der Waals surface area contributed by atoms with E-state index in [0.29, 0.717) is 12.5 Å². The molecule has 21 heavy (non-hydrogen) atoms. The molecule has 1 aliphatic rings. The summed E-state index contributed by atoms with van der Waals surface area (Å²) in [6.45, 7) is 5.01. The quantitative estimate of drug-likeness (QED) is 0.901. The predicted molar refractivity (Wildman–Crippen MR) is 84.7 cm³/mol. The van der Waals surface area contributed by atoms with Crippen molar-refractivity contribution < 1.29 is 4.74 Å². The largest absolute Gasteiger partial charge is 0.375 e. The third-order valence-electron chi connectivity index (χ3n) is 4.97. The van der Waals surface area contributed by atoms with Gasteiger partial charge < -0.3 is 4.74 Å². The first-order valence-electron chi connectivity index (χ1n) is 7.88. The molecule has 0 bridgehead atoms. The van der Waals surface area contributed by atoms with Crippen LogP contribution in [0.1, 0.15) is 38.7 Å². The Morgan fingerprint density at radius 2 is 1.95 bits per heavy atom. The van der Waals surface area contributed by atoms with Gasteiger partial charge in [0.1, 0.15) is 0 Å². The van der Waals surface area contributed by atoms with Gasteiger partial charge in [-0.1, -0.05) is 44.2 Å². The van der Waals surface area contributed by atoms with Gasteiger partial charge in [0.15, 0.2) is 5.54 Å². The lowest BCUT2D eigenvalue weighted by Crippen LogP contribution is -2.44. The van der Waals surface area contributed by atoms with E-state index in [2.05, 4.69) is 25.2 Å². The molecule has 1 aromatic carbocycles. The molecule has 3 heteroatoms. The summed E-state index contributed by atoms with van der Waals surface area (Å²) in [5.74, 6) is 1.48. The van der Waals surface area contributed by atoms with Crippen LogP contribution in [0.15, 0.2) is 30.3 Å². The molecule has 2 rings (SSSR count). The lowest BCUT2D eigenvalue weighted by molar-refractivity contribution is -0.0175. The topological polar surface area (TPSA) is 45.0 Å². The summed E-state index contributed by atoms with van der Waals surface area (Å²) in [7, 11) is 1.82. The number of rotatable bonds is 5. The average Bonchev–Trinajstić information content (AvgIpc) is 2.53. The van der Waals surface area contributed by atoms with Crippen LogP contribution in [0.5, 0.6) is 0 Å². The van der Waals surface area contributed by atoms with Gasteiger partial charge in [0.2, 0.25) is 0 Å². The van der Waals surface area contributed by atoms with Gasteiger partial charge in [0, 0.05) is 0 Å². The number of nitriles is 1. The molecule has 0 amide bonds. The van der Waals surface area contributed by atoms with E-state index in [1.807, 2.05) is 37.4 Å². The number of nitrogens with zero attached hydrogens (tertiary/aromatic N) is 1. The van der Waals surface area contributed by atoms with Crippen LogP contribution in [-0.2, 0) is 10.3 Å². The fourth-order valence-corrected chi connectivity index (χ4v) is 3.07. The Morgan fingerprint density at radius 1 is 1.24 bits per heavy atom. The summed E-state index contributed by atoms with van der Waals surface area (Å²) >= 11 is 0. The van der Waals surface area contributed by atoms with Crippen molar-refractivity contribution in [2.75, 3.05) is 13.7 Å². The molecule has 1 N–H and O–H groups in total. The molecule has 1 aliphatic carbocycles. The summed E-state index contributed by atoms with van der Waals surface area (Å²) in [6, 6.07) is 12.3. The maximum Gasteiger partial charge on any atom is 0.155 e. The van der Waals surface area contributed by atoms with Crippen LogP contribution in [0, 0.1) is 23.2 Å². The highest BCUT2D eigenvalue weighted by molar-refractivity contribution is 5.31. The fourth-order valence-electron chi connectivity index (χ4n) is 3.07. The van der Waals surface area contributed by atoms with Crippen LogP contribution in [-0.4, -0.2) is 19.8 Å². The summed E-state index contributed by atoms with van der Waals surface area (Å²) in [4.78, 5) is 0. The Bertz CT molecular complexity index is 482. The summed E-state index contributed by atoms with van der Waals surface area (Å²) in [5, 5.41) is 12.8. The molecule has 1 aromatic rings. The number of benzene rings is 1. The van der Waals surface area contributed by atoms with Gasteiger partial charge in [-0.25, -0.2) is 0 Å². The molecule has 4 atom stereocenters. The summed E-state index contributed by atoms with van der Waals surface area (Å²) in [5.41, 5.74) is 0.209. The lowest BCUT2D eigenvalue weighted by Gasteiger charge is -2.34. The van der Waals surface area contributed by atoms with Gasteiger partial charge in [0.05, 0.1) is 18.8 Å². The first kappa shape index (κ1) is 16.0. The number of likely N-dealkylation sites (N-methyl/N-ethyl adjacent to an activating group) is 1. The molecule has 0 aliphatic heterocycles. The van der Waals surface area contributed by atoms with E-state index in [0.717, 1.165) is 24.3 Å². The Labute approximate surface area is 128 Å². The third-order valence-corrected chi connectivity index (χ3v) is 4.97. The number of hydrogen-bond donors (Lipinski definition) is 1. The van der Waals surface area contributed by atoms with E-state index in [1.54, 1.807) is 0 Å². The zero-order chi connectivity index (χ0) is 15.3. The molecule has 0 radical (unpaired) electrons. The molecule has 114 valence electrons. The van der Waals surface area contributed by atoms with Crippen LogP contribution < -0.4 is 5.32 Å². The molecular formula is C18H26N2O. The first-order valence-corrected chi connectivity index (χ1v) is 7.88. The standard InChI is InChI=1S/C18H26N2O/c1-14-9-10-17(11-15(14)2)21-13-18(12-19,20-3)16-7-5-4-6-8-16/h4-8,14-15,17,20H,9-11,13H2,1-3H3. The molecule has 0 spiro atoms. The highest BCUT2D eigenvalue weighted by Gasteiger charge is 2.33. The summed E-state index contributed by atoms with van der Waals surface area (Å²) < 4.78 is 6.12. The van der Waals surface area contributed by atoms with E-state index in [-0.39, 0.29) is 6.10 Å². The van der Waals surface area contributed by atoms with Crippen molar-refractivity contribution in [2.45, 2.75) is 44.8 Å². The fraction of sp³-hybridized carbons (Fsp3) is 0.611. The van der Waals surface area contributed by atoms with Gasteiger partial charge in [0.25, 0.3) is 0 Å². The summed E-state index contributed by atoms with van der Waals surface area (Å²) in [6.07, 6.45) is 3.70. The molecule has 1 fully saturated rings. The van der Waals surface area contributed by atoms with Crippen molar-refractivity contribution in [2.24, 2.45) is 11.8 Å². The van der Waals surface area contributed by atoms with Crippen molar-refractivity contribution in [3.63, 3.8) is 0 Å². The van der Waals surface area contributed by atoms with E-state index >= 15 is 0 Å². The van der Waals surface area contributed by atoms with Crippen molar-refractivity contribution in [1.29, 1.82) is 5.26 Å². The van der Waals surface area contributed by atoms with Crippen molar-refractivity contribution in [1.82, 2.24) is 5.32 Å². The van der Waals surface area contributed by atoms with Gasteiger partial charge in [-0.2, -0.15) is 5.26 Å². The predicted octanol–water partition coefficient (Wildman–Crippen LogP) is 3.47. The maximum absolute atomic E-state index is 9.66. The Morgan fingerprint density at radius 3 is 2.52 bits per heavy atom. The zero-order valence-corrected chi connectivity index (χ0v) is 13.3. The van der Waals surface area contributed by atoms with Crippen molar-refractivity contribution in [3.8, 4) is 6.07 Å². The average molecular weight is 286 g/mol. The van der Waals surface area contributed by atoms with Crippen molar-refractivity contribution in [3.05, 3.63) is 35.9 Å². The molecule has 3 nitrogen and oxygen atoms in total. The first-order chi connectivity index (χ1) is 10.1. The molecule has 0 saturated heterocycles. The number of nitrogens with one attached hydrogen (secondary N) is 1. The van der Waals surface area contributed by atoms with Gasteiger partial charge in [-0.05, 0) is 43.7 Å². The highest BCUT2D eigenvalue weighted by Crippen LogP contribution is 2.32. The van der Waals surface area contributed by atoms with Gasteiger partial charge >= 0.3 is 0 Å². The minimum absolute atomic E-state index is 0.279. The van der Waals surface area contributed by atoms with E-state index in [9.17, 15) is 5.26 Å². The zero-order valence-electron chi connectivity index (χ0n) is 13.3. The van der Waals surface area contributed by atoms with Gasteiger partial charge in [-0.3, -0.25) is 5.32 Å². The van der Waals surface area contributed by atoms with E-state index < -0.39 is 5.54 Å². The number of ether oxygens (including phenoxy) is 1. The minimum atomic E-state index is -0.756. The lowest BCUT2D eigenvalue weighted by atomic mass is 9.80. The second-order valence-electron chi connectivity index (χ2n) is 6.33. The van der Waals surface area contributed by atoms with Crippen molar-refractivity contribution >= 4 is 0 Å².